The molecule has 0 saturated carbocycles. The lowest BCUT2D eigenvalue weighted by Gasteiger charge is -2.34. The molecule has 0 aliphatic rings. The van der Waals surface area contributed by atoms with E-state index >= 15 is 0 Å². The quantitative estimate of drug-likeness (QED) is 0.631. The summed E-state index contributed by atoms with van der Waals surface area (Å²) in [7, 11) is 6.95. The predicted octanol–water partition coefficient (Wildman–Crippen LogP) is 2.65. The van der Waals surface area contributed by atoms with Crippen LogP contribution in [0.25, 0.3) is 0 Å². The van der Waals surface area contributed by atoms with E-state index in [4.69, 9.17) is 13.6 Å². The lowest BCUT2D eigenvalue weighted by molar-refractivity contribution is 0.0600. The Hall–Kier alpha value is -1.29. The number of nitrogens with two attached hydrogens (primary N) is 1. The second-order valence-corrected chi connectivity index (χ2v) is 5.16. The van der Waals surface area contributed by atoms with Crippen LogP contribution in [0, 0.1) is 5.92 Å². The Morgan fingerprint density at radius 1 is 1.37 bits per heavy atom. The topological polar surface area (TPSA) is 52.3 Å². The Morgan fingerprint density at radius 3 is 2.37 bits per heavy atom. The molecule has 0 saturated heterocycles. The van der Waals surface area contributed by atoms with E-state index in [2.05, 4.69) is 18.6 Å². The van der Waals surface area contributed by atoms with Crippen molar-refractivity contribution in [3.8, 4) is 0 Å². The zero-order chi connectivity index (χ0) is 14.5. The highest BCUT2D eigenvalue weighted by atomic mass is 16.5. The number of rotatable bonds is 6. The highest BCUT2D eigenvalue weighted by Crippen LogP contribution is 2.32. The van der Waals surface area contributed by atoms with E-state index in [1.54, 1.807) is 12.1 Å². The van der Waals surface area contributed by atoms with Crippen molar-refractivity contribution in [3.05, 3.63) is 35.4 Å². The number of carbonyl (C=O) groups is 1. The summed E-state index contributed by atoms with van der Waals surface area (Å²) in [5.41, 5.74) is 7.70. The number of esters is 1. The van der Waals surface area contributed by atoms with Crippen molar-refractivity contribution < 1.29 is 9.53 Å². The number of carbonyl (C=O) groups excluding carboxylic acids is 1. The van der Waals surface area contributed by atoms with Crippen LogP contribution in [0.1, 0.15) is 42.6 Å². The second-order valence-electron chi connectivity index (χ2n) is 5.16. The van der Waals surface area contributed by atoms with Gasteiger partial charge in [0.25, 0.3) is 0 Å². The summed E-state index contributed by atoms with van der Waals surface area (Å²) in [5.74, 6) is -0.0382. The standard InChI is InChI=1S/C15H22BNO2/c1-11(2)15(17,9-4-10-16)13-7-5-12(6-8-13)14(18)19-3/h5-8,11H,4,9-10,17H2,1-3H3. The molecular weight excluding hydrogens is 237 g/mol. The second kappa shape index (κ2) is 6.76. The number of hydrogen-bond donors (Lipinski definition) is 1. The fourth-order valence-corrected chi connectivity index (χ4v) is 2.20. The van der Waals surface area contributed by atoms with E-state index in [0.717, 1.165) is 18.4 Å². The lowest BCUT2D eigenvalue weighted by Crippen LogP contribution is -2.42. The Labute approximate surface area is 116 Å². The zero-order valence-corrected chi connectivity index (χ0v) is 12.0. The van der Waals surface area contributed by atoms with E-state index in [1.807, 2.05) is 12.1 Å². The molecule has 0 heterocycles. The molecule has 0 aliphatic carbocycles. The fourth-order valence-electron chi connectivity index (χ4n) is 2.20. The van der Waals surface area contributed by atoms with Gasteiger partial charge in [0.1, 0.15) is 0 Å². The Bertz CT molecular complexity index is 417. The maximum absolute atomic E-state index is 11.4. The number of methoxy groups -OCH3 is 1. The summed E-state index contributed by atoms with van der Waals surface area (Å²) >= 11 is 0. The first-order valence-electron chi connectivity index (χ1n) is 6.63. The normalized spacial score (nSPS) is 14.2. The number of ether oxygens (including phenoxy) is 1. The molecular formula is C15H22BNO2. The number of benzene rings is 1. The van der Waals surface area contributed by atoms with Gasteiger partial charge >= 0.3 is 5.97 Å². The van der Waals surface area contributed by atoms with Crippen molar-refractivity contribution in [2.24, 2.45) is 11.7 Å². The molecule has 19 heavy (non-hydrogen) atoms. The molecule has 102 valence electrons. The van der Waals surface area contributed by atoms with Crippen molar-refractivity contribution in [3.63, 3.8) is 0 Å². The van der Waals surface area contributed by atoms with Crippen LogP contribution in [0.15, 0.2) is 24.3 Å². The van der Waals surface area contributed by atoms with Crippen molar-refractivity contribution in [1.29, 1.82) is 0 Å². The van der Waals surface area contributed by atoms with E-state index in [1.165, 1.54) is 7.11 Å². The smallest absolute Gasteiger partial charge is 0.337 e. The Morgan fingerprint density at radius 2 is 1.95 bits per heavy atom. The molecule has 1 atom stereocenters. The van der Waals surface area contributed by atoms with Crippen LogP contribution < -0.4 is 5.73 Å². The third-order valence-corrected chi connectivity index (χ3v) is 3.67. The minimum Gasteiger partial charge on any atom is -0.465 e. The molecule has 1 rings (SSSR count). The van der Waals surface area contributed by atoms with Crippen LogP contribution >= 0.6 is 0 Å². The molecule has 0 aliphatic heterocycles. The van der Waals surface area contributed by atoms with Gasteiger partial charge < -0.3 is 10.5 Å². The van der Waals surface area contributed by atoms with Gasteiger partial charge in [-0.3, -0.25) is 0 Å². The molecule has 3 nitrogen and oxygen atoms in total. The minimum atomic E-state index is -0.409. The van der Waals surface area contributed by atoms with E-state index in [0.29, 0.717) is 17.8 Å². The van der Waals surface area contributed by atoms with Gasteiger partial charge in [-0.05, 0) is 30.0 Å². The van der Waals surface area contributed by atoms with Crippen LogP contribution in [0.5, 0.6) is 0 Å². The lowest BCUT2D eigenvalue weighted by atomic mass is 9.76. The first-order valence-corrected chi connectivity index (χ1v) is 6.63. The molecule has 2 N–H and O–H groups in total. The monoisotopic (exact) mass is 259 g/mol. The third kappa shape index (κ3) is 3.60. The summed E-state index contributed by atoms with van der Waals surface area (Å²) in [4.78, 5) is 11.4. The van der Waals surface area contributed by atoms with Gasteiger partial charge in [-0.1, -0.05) is 38.7 Å². The van der Waals surface area contributed by atoms with Gasteiger partial charge in [0.2, 0.25) is 0 Å². The van der Waals surface area contributed by atoms with Crippen molar-refractivity contribution in [1.82, 2.24) is 0 Å². The molecule has 0 amide bonds. The zero-order valence-electron chi connectivity index (χ0n) is 12.0. The summed E-state index contributed by atoms with van der Waals surface area (Å²) in [5, 5.41) is 0. The van der Waals surface area contributed by atoms with Crippen LogP contribution in [-0.2, 0) is 10.3 Å². The molecule has 4 heteroatoms. The molecule has 0 spiro atoms. The maximum atomic E-state index is 11.4. The average Bonchev–Trinajstić information content (AvgIpc) is 2.43. The fraction of sp³-hybridized carbons (Fsp3) is 0.533. The van der Waals surface area contributed by atoms with Crippen LogP contribution in [0.2, 0.25) is 6.32 Å². The molecule has 2 radical (unpaired) electrons. The Balaban J connectivity index is 3.01. The molecule has 1 unspecified atom stereocenters. The predicted molar refractivity (Wildman–Crippen MR) is 78.3 cm³/mol. The van der Waals surface area contributed by atoms with E-state index in [-0.39, 0.29) is 5.97 Å². The van der Waals surface area contributed by atoms with E-state index < -0.39 is 5.54 Å². The first kappa shape index (κ1) is 15.8. The molecule has 1 aromatic carbocycles. The highest BCUT2D eigenvalue weighted by Gasteiger charge is 2.30. The molecule has 0 fully saturated rings. The van der Waals surface area contributed by atoms with Gasteiger partial charge in [0, 0.05) is 5.54 Å². The van der Waals surface area contributed by atoms with Crippen molar-refractivity contribution in [2.45, 2.75) is 38.5 Å². The van der Waals surface area contributed by atoms with E-state index in [9.17, 15) is 4.79 Å². The molecule has 0 aromatic heterocycles. The van der Waals surface area contributed by atoms with Crippen molar-refractivity contribution >= 4 is 13.8 Å². The summed E-state index contributed by atoms with van der Waals surface area (Å²) in [6, 6.07) is 7.33. The maximum Gasteiger partial charge on any atom is 0.337 e. The van der Waals surface area contributed by atoms with Gasteiger partial charge in [-0.25, -0.2) is 4.79 Å². The Kier molecular flexibility index (Phi) is 5.61. The average molecular weight is 259 g/mol. The van der Waals surface area contributed by atoms with Crippen LogP contribution in [0.3, 0.4) is 0 Å². The van der Waals surface area contributed by atoms with Gasteiger partial charge in [0.05, 0.1) is 20.5 Å². The summed E-state index contributed by atoms with van der Waals surface area (Å²) in [6.45, 7) is 4.20. The summed E-state index contributed by atoms with van der Waals surface area (Å²) in [6.07, 6.45) is 2.35. The number of hydrogen-bond acceptors (Lipinski definition) is 3. The summed E-state index contributed by atoms with van der Waals surface area (Å²) < 4.78 is 4.69. The van der Waals surface area contributed by atoms with Gasteiger partial charge in [0.15, 0.2) is 0 Å². The molecule has 1 aromatic rings. The largest absolute Gasteiger partial charge is 0.465 e. The van der Waals surface area contributed by atoms with Gasteiger partial charge in [-0.15, -0.1) is 0 Å². The van der Waals surface area contributed by atoms with Gasteiger partial charge in [-0.2, -0.15) is 0 Å². The molecule has 0 bridgehead atoms. The van der Waals surface area contributed by atoms with Crippen LogP contribution in [-0.4, -0.2) is 20.9 Å². The highest BCUT2D eigenvalue weighted by molar-refractivity contribution is 6.08. The van der Waals surface area contributed by atoms with Crippen LogP contribution in [0.4, 0.5) is 0 Å². The minimum absolute atomic E-state index is 0.294. The SMILES string of the molecule is [B]CCCC(N)(c1ccc(C(=O)OC)cc1)C(C)C. The van der Waals surface area contributed by atoms with Crippen molar-refractivity contribution in [2.75, 3.05) is 7.11 Å². The first-order chi connectivity index (χ1) is 8.95. The third-order valence-electron chi connectivity index (χ3n) is 3.67.